The monoisotopic (exact) mass is 332 g/mol. The predicted molar refractivity (Wildman–Crippen MR) is 96.9 cm³/mol. The zero-order valence-electron chi connectivity index (χ0n) is 13.4. The summed E-state index contributed by atoms with van der Waals surface area (Å²) in [5, 5.41) is 10.9. The number of allylic oxidation sites excluding steroid dienone is 1. The molecule has 0 unspecified atom stereocenters. The Labute approximate surface area is 145 Å². The van der Waals surface area contributed by atoms with Crippen LogP contribution in [0.1, 0.15) is 15.9 Å². The van der Waals surface area contributed by atoms with Crippen molar-refractivity contribution in [3.8, 4) is 5.75 Å². The zero-order chi connectivity index (χ0) is 17.6. The van der Waals surface area contributed by atoms with Gasteiger partial charge in [-0.1, -0.05) is 54.6 Å². The molecule has 0 amide bonds. The van der Waals surface area contributed by atoms with Gasteiger partial charge in [-0.15, -0.1) is 0 Å². The topological polar surface area (TPSA) is 63.6 Å². The summed E-state index contributed by atoms with van der Waals surface area (Å²) in [6.45, 7) is -0.440. The molecular formula is C21H16O4. The molecule has 1 N–H and O–H groups in total. The van der Waals surface area contributed by atoms with Gasteiger partial charge >= 0.3 is 5.97 Å². The van der Waals surface area contributed by atoms with Crippen LogP contribution in [0.2, 0.25) is 0 Å². The highest BCUT2D eigenvalue weighted by Gasteiger charge is 2.05. The summed E-state index contributed by atoms with van der Waals surface area (Å²) in [7, 11) is 0. The number of carboxylic acid groups (broad SMARTS) is 1. The van der Waals surface area contributed by atoms with Gasteiger partial charge in [-0.05, 0) is 40.6 Å². The fourth-order valence-electron chi connectivity index (χ4n) is 2.46. The maximum atomic E-state index is 12.3. The van der Waals surface area contributed by atoms with E-state index in [1.807, 2.05) is 42.5 Å². The fraction of sp³-hybridized carbons (Fsp3) is 0.0476. The van der Waals surface area contributed by atoms with Crippen molar-refractivity contribution in [3.63, 3.8) is 0 Å². The van der Waals surface area contributed by atoms with Crippen LogP contribution >= 0.6 is 0 Å². The molecular weight excluding hydrogens is 316 g/mol. The Kier molecular flexibility index (Phi) is 4.90. The van der Waals surface area contributed by atoms with Gasteiger partial charge in [0.25, 0.3) is 0 Å². The molecule has 0 aromatic heterocycles. The second-order valence-electron chi connectivity index (χ2n) is 5.51. The minimum atomic E-state index is -1.06. The van der Waals surface area contributed by atoms with E-state index in [1.54, 1.807) is 24.3 Å². The van der Waals surface area contributed by atoms with Crippen LogP contribution in [0.25, 0.3) is 16.8 Å². The Morgan fingerprint density at radius 2 is 1.72 bits per heavy atom. The van der Waals surface area contributed by atoms with Crippen molar-refractivity contribution in [2.45, 2.75) is 0 Å². The Hall–Kier alpha value is -3.40. The lowest BCUT2D eigenvalue weighted by Gasteiger charge is -2.04. The summed E-state index contributed by atoms with van der Waals surface area (Å²) in [6.07, 6.45) is 3.26. The summed E-state index contributed by atoms with van der Waals surface area (Å²) >= 11 is 0. The molecule has 0 aliphatic heterocycles. The summed E-state index contributed by atoms with van der Waals surface area (Å²) < 4.78 is 5.09. The lowest BCUT2D eigenvalue weighted by molar-refractivity contribution is -0.139. The van der Waals surface area contributed by atoms with Gasteiger partial charge in [0.2, 0.25) is 0 Å². The van der Waals surface area contributed by atoms with E-state index in [4.69, 9.17) is 9.84 Å². The molecule has 0 heterocycles. The van der Waals surface area contributed by atoms with E-state index < -0.39 is 12.6 Å². The Bertz CT molecular complexity index is 957. The molecule has 25 heavy (non-hydrogen) atoms. The van der Waals surface area contributed by atoms with Gasteiger partial charge in [-0.3, -0.25) is 4.79 Å². The van der Waals surface area contributed by atoms with Crippen LogP contribution in [-0.2, 0) is 4.79 Å². The molecule has 3 rings (SSSR count). The van der Waals surface area contributed by atoms with Crippen molar-refractivity contribution in [2.24, 2.45) is 0 Å². The van der Waals surface area contributed by atoms with E-state index in [2.05, 4.69) is 0 Å². The van der Waals surface area contributed by atoms with Crippen molar-refractivity contribution >= 4 is 28.6 Å². The third-order valence-corrected chi connectivity index (χ3v) is 3.68. The zero-order valence-corrected chi connectivity index (χ0v) is 13.4. The van der Waals surface area contributed by atoms with Crippen LogP contribution < -0.4 is 4.74 Å². The minimum absolute atomic E-state index is 0.172. The first-order chi connectivity index (χ1) is 12.1. The minimum Gasteiger partial charge on any atom is -0.482 e. The van der Waals surface area contributed by atoms with E-state index in [-0.39, 0.29) is 5.78 Å². The lowest BCUT2D eigenvalue weighted by Crippen LogP contribution is -2.09. The molecule has 0 radical (unpaired) electrons. The van der Waals surface area contributed by atoms with E-state index in [0.29, 0.717) is 11.3 Å². The smallest absolute Gasteiger partial charge is 0.341 e. The second kappa shape index (κ2) is 7.45. The summed E-state index contributed by atoms with van der Waals surface area (Å²) in [4.78, 5) is 22.9. The molecule has 0 atom stereocenters. The maximum Gasteiger partial charge on any atom is 0.341 e. The van der Waals surface area contributed by atoms with Gasteiger partial charge in [-0.25, -0.2) is 4.79 Å². The van der Waals surface area contributed by atoms with Gasteiger partial charge in [0.15, 0.2) is 12.4 Å². The first-order valence-electron chi connectivity index (χ1n) is 7.78. The third kappa shape index (κ3) is 4.32. The number of ether oxygens (including phenoxy) is 1. The van der Waals surface area contributed by atoms with Gasteiger partial charge in [0.05, 0.1) is 0 Å². The second-order valence-corrected chi connectivity index (χ2v) is 5.51. The number of fused-ring (bicyclic) bond motifs is 1. The lowest BCUT2D eigenvalue weighted by atomic mass is 10.1. The van der Waals surface area contributed by atoms with Crippen LogP contribution in [0.15, 0.2) is 72.8 Å². The molecule has 0 bridgehead atoms. The molecule has 0 aliphatic rings. The van der Waals surface area contributed by atoms with Crippen molar-refractivity contribution < 1.29 is 19.4 Å². The molecule has 0 fully saturated rings. The summed E-state index contributed by atoms with van der Waals surface area (Å²) in [5.74, 6) is -0.880. The van der Waals surface area contributed by atoms with E-state index in [9.17, 15) is 9.59 Å². The number of carbonyl (C=O) groups is 2. The van der Waals surface area contributed by atoms with Gasteiger partial charge in [-0.2, -0.15) is 0 Å². The molecule has 124 valence electrons. The predicted octanol–water partition coefficient (Wildman–Crippen LogP) is 4.20. The quantitative estimate of drug-likeness (QED) is 0.543. The molecule has 4 heteroatoms. The number of benzene rings is 3. The number of aliphatic carboxylic acids is 1. The summed E-state index contributed by atoms with van der Waals surface area (Å²) in [5.41, 5.74) is 1.38. The van der Waals surface area contributed by atoms with Crippen LogP contribution in [0.3, 0.4) is 0 Å². The highest BCUT2D eigenvalue weighted by atomic mass is 16.5. The van der Waals surface area contributed by atoms with Crippen molar-refractivity contribution in [1.82, 2.24) is 0 Å². The Balaban J connectivity index is 1.75. The Morgan fingerprint density at radius 3 is 2.52 bits per heavy atom. The average Bonchev–Trinajstić information content (AvgIpc) is 2.64. The van der Waals surface area contributed by atoms with Gasteiger partial charge < -0.3 is 9.84 Å². The highest BCUT2D eigenvalue weighted by Crippen LogP contribution is 2.18. The van der Waals surface area contributed by atoms with Crippen molar-refractivity contribution in [3.05, 3.63) is 83.9 Å². The largest absolute Gasteiger partial charge is 0.482 e. The molecule has 0 saturated carbocycles. The molecule has 0 spiro atoms. The number of hydrogen-bond acceptors (Lipinski definition) is 3. The number of carboxylic acids is 1. The number of carbonyl (C=O) groups excluding carboxylic acids is 1. The first-order valence-corrected chi connectivity index (χ1v) is 7.78. The van der Waals surface area contributed by atoms with Crippen LogP contribution in [-0.4, -0.2) is 23.5 Å². The fourth-order valence-corrected chi connectivity index (χ4v) is 2.46. The highest BCUT2D eigenvalue weighted by molar-refractivity contribution is 6.07. The number of ketones is 1. The maximum absolute atomic E-state index is 12.3. The SMILES string of the molecule is O=C(O)COc1cccc(C(=O)/C=C/c2ccc3ccccc3c2)c1. The van der Waals surface area contributed by atoms with Crippen LogP contribution in [0, 0.1) is 0 Å². The third-order valence-electron chi connectivity index (χ3n) is 3.68. The Morgan fingerprint density at radius 1 is 0.920 bits per heavy atom. The van der Waals surface area contributed by atoms with E-state index >= 15 is 0 Å². The standard InChI is InChI=1S/C21H16O4/c22-20(18-6-3-7-19(13-18)25-14-21(23)24)11-9-15-8-10-16-4-1-2-5-17(16)12-15/h1-13H,14H2,(H,23,24)/b11-9+. The molecule has 3 aromatic carbocycles. The van der Waals surface area contributed by atoms with Crippen molar-refractivity contribution in [2.75, 3.05) is 6.61 Å². The van der Waals surface area contributed by atoms with Crippen LogP contribution in [0.5, 0.6) is 5.75 Å². The number of hydrogen-bond donors (Lipinski definition) is 1. The molecule has 4 nitrogen and oxygen atoms in total. The molecule has 0 aliphatic carbocycles. The molecule has 3 aromatic rings. The summed E-state index contributed by atoms with van der Waals surface area (Å²) in [6, 6.07) is 20.5. The van der Waals surface area contributed by atoms with Crippen LogP contribution in [0.4, 0.5) is 0 Å². The molecule has 0 saturated heterocycles. The number of rotatable bonds is 6. The first kappa shape index (κ1) is 16.5. The average molecular weight is 332 g/mol. The van der Waals surface area contributed by atoms with E-state index in [0.717, 1.165) is 16.3 Å². The normalized spacial score (nSPS) is 10.9. The van der Waals surface area contributed by atoms with Gasteiger partial charge in [0, 0.05) is 5.56 Å². The van der Waals surface area contributed by atoms with E-state index in [1.165, 1.54) is 12.1 Å². The van der Waals surface area contributed by atoms with Gasteiger partial charge in [0.1, 0.15) is 5.75 Å². The van der Waals surface area contributed by atoms with Crippen molar-refractivity contribution in [1.29, 1.82) is 0 Å².